The van der Waals surface area contributed by atoms with E-state index in [2.05, 4.69) is 24.5 Å². The van der Waals surface area contributed by atoms with E-state index in [0.717, 1.165) is 42.6 Å². The molecule has 0 saturated heterocycles. The SMILES string of the molecule is CCNC(=NCc1ccc(OC)c(OC)c1)NC1CC(OCC)C12CCC2. The Morgan fingerprint density at radius 2 is 1.96 bits per heavy atom. The minimum absolute atomic E-state index is 0.315. The highest BCUT2D eigenvalue weighted by molar-refractivity contribution is 5.80. The predicted octanol–water partition coefficient (Wildman–Crippen LogP) is 3.11. The molecule has 3 rings (SSSR count). The van der Waals surface area contributed by atoms with Crippen molar-refractivity contribution in [2.45, 2.75) is 58.2 Å². The van der Waals surface area contributed by atoms with Gasteiger partial charge < -0.3 is 24.8 Å². The number of nitrogens with one attached hydrogen (secondary N) is 2. The molecule has 0 aromatic heterocycles. The van der Waals surface area contributed by atoms with Crippen LogP contribution >= 0.6 is 0 Å². The van der Waals surface area contributed by atoms with E-state index >= 15 is 0 Å². The summed E-state index contributed by atoms with van der Waals surface area (Å²) in [5.41, 5.74) is 1.40. The van der Waals surface area contributed by atoms with Gasteiger partial charge in [-0.05, 0) is 50.8 Å². The second kappa shape index (κ2) is 8.83. The Balaban J connectivity index is 1.65. The molecule has 0 amide bonds. The van der Waals surface area contributed by atoms with Crippen LogP contribution in [0.2, 0.25) is 0 Å². The summed E-state index contributed by atoms with van der Waals surface area (Å²) in [6.07, 6.45) is 5.28. The van der Waals surface area contributed by atoms with Crippen LogP contribution in [-0.4, -0.2) is 45.5 Å². The first-order valence-electron chi connectivity index (χ1n) is 10.0. The van der Waals surface area contributed by atoms with Crippen LogP contribution in [0, 0.1) is 5.41 Å². The molecule has 2 saturated carbocycles. The Kier molecular flexibility index (Phi) is 6.47. The first-order chi connectivity index (χ1) is 13.2. The van der Waals surface area contributed by atoms with Crippen LogP contribution in [0.5, 0.6) is 11.5 Å². The molecule has 2 unspecified atom stereocenters. The molecule has 1 aromatic carbocycles. The molecular weight excluding hydrogens is 342 g/mol. The van der Waals surface area contributed by atoms with Crippen molar-refractivity contribution in [2.24, 2.45) is 10.4 Å². The maximum absolute atomic E-state index is 5.96. The molecule has 0 radical (unpaired) electrons. The Morgan fingerprint density at radius 1 is 1.19 bits per heavy atom. The molecule has 2 fully saturated rings. The highest BCUT2D eigenvalue weighted by Crippen LogP contribution is 2.57. The standard InChI is InChI=1S/C21H33N3O3/c1-5-22-20(23-14-15-8-9-16(25-3)17(12-15)26-4)24-18-13-19(27-6-2)21(18)10-7-11-21/h8-9,12,18-19H,5-7,10-11,13-14H2,1-4H3,(H2,22,23,24). The van der Waals surface area contributed by atoms with Gasteiger partial charge in [0.2, 0.25) is 0 Å². The van der Waals surface area contributed by atoms with E-state index < -0.39 is 0 Å². The number of ether oxygens (including phenoxy) is 3. The third kappa shape index (κ3) is 4.00. The maximum Gasteiger partial charge on any atom is 0.191 e. The number of methoxy groups -OCH3 is 2. The van der Waals surface area contributed by atoms with Crippen LogP contribution in [-0.2, 0) is 11.3 Å². The lowest BCUT2D eigenvalue weighted by atomic mass is 9.51. The quantitative estimate of drug-likeness (QED) is 0.540. The van der Waals surface area contributed by atoms with E-state index in [1.165, 1.54) is 19.3 Å². The van der Waals surface area contributed by atoms with E-state index in [1.807, 2.05) is 18.2 Å². The lowest BCUT2D eigenvalue weighted by Crippen LogP contribution is -2.68. The minimum atomic E-state index is 0.315. The summed E-state index contributed by atoms with van der Waals surface area (Å²) in [5, 5.41) is 7.04. The molecule has 27 heavy (non-hydrogen) atoms. The Labute approximate surface area is 162 Å². The van der Waals surface area contributed by atoms with E-state index in [9.17, 15) is 0 Å². The summed E-state index contributed by atoms with van der Waals surface area (Å²) < 4.78 is 16.7. The number of guanidine groups is 1. The van der Waals surface area contributed by atoms with Crippen LogP contribution in [0.25, 0.3) is 0 Å². The summed E-state index contributed by atoms with van der Waals surface area (Å²) in [4.78, 5) is 4.79. The summed E-state index contributed by atoms with van der Waals surface area (Å²) in [6.45, 7) is 6.40. The second-order valence-corrected chi connectivity index (χ2v) is 7.35. The monoisotopic (exact) mass is 375 g/mol. The molecule has 0 heterocycles. The summed E-state index contributed by atoms with van der Waals surface area (Å²) in [6, 6.07) is 6.38. The van der Waals surface area contributed by atoms with E-state index in [-0.39, 0.29) is 0 Å². The molecule has 1 aromatic rings. The zero-order chi connectivity index (χ0) is 19.3. The lowest BCUT2D eigenvalue weighted by molar-refractivity contribution is -0.168. The summed E-state index contributed by atoms with van der Waals surface area (Å²) >= 11 is 0. The molecule has 6 heteroatoms. The third-order valence-corrected chi connectivity index (χ3v) is 5.96. The predicted molar refractivity (Wildman–Crippen MR) is 108 cm³/mol. The van der Waals surface area contributed by atoms with Gasteiger partial charge in [-0.1, -0.05) is 12.5 Å². The highest BCUT2D eigenvalue weighted by atomic mass is 16.5. The number of hydrogen-bond donors (Lipinski definition) is 2. The molecule has 6 nitrogen and oxygen atoms in total. The molecule has 2 atom stereocenters. The number of rotatable bonds is 8. The van der Waals surface area contributed by atoms with Gasteiger partial charge in [-0.3, -0.25) is 0 Å². The summed E-state index contributed by atoms with van der Waals surface area (Å²) in [7, 11) is 3.30. The zero-order valence-corrected chi connectivity index (χ0v) is 17.0. The van der Waals surface area contributed by atoms with Crippen molar-refractivity contribution >= 4 is 5.96 Å². The molecule has 0 bridgehead atoms. The molecule has 2 aliphatic rings. The minimum Gasteiger partial charge on any atom is -0.493 e. The molecule has 1 spiro atoms. The number of nitrogens with zero attached hydrogens (tertiary/aromatic N) is 1. The van der Waals surface area contributed by atoms with Crippen molar-refractivity contribution in [3.63, 3.8) is 0 Å². The van der Waals surface area contributed by atoms with Crippen LogP contribution in [0.15, 0.2) is 23.2 Å². The van der Waals surface area contributed by atoms with E-state index in [4.69, 9.17) is 19.2 Å². The van der Waals surface area contributed by atoms with Crippen molar-refractivity contribution < 1.29 is 14.2 Å². The fourth-order valence-electron chi connectivity index (χ4n) is 4.28. The summed E-state index contributed by atoms with van der Waals surface area (Å²) in [5.74, 6) is 2.34. The van der Waals surface area contributed by atoms with Gasteiger partial charge in [0, 0.05) is 24.6 Å². The first kappa shape index (κ1) is 19.8. The van der Waals surface area contributed by atoms with E-state index in [0.29, 0.717) is 24.1 Å². The van der Waals surface area contributed by atoms with Crippen LogP contribution in [0.4, 0.5) is 0 Å². The van der Waals surface area contributed by atoms with Gasteiger partial charge in [-0.2, -0.15) is 0 Å². The van der Waals surface area contributed by atoms with Gasteiger partial charge in [0.05, 0.1) is 26.9 Å². The Hall–Kier alpha value is -1.95. The van der Waals surface area contributed by atoms with Crippen molar-refractivity contribution in [1.82, 2.24) is 10.6 Å². The molecular formula is C21H33N3O3. The van der Waals surface area contributed by atoms with Gasteiger partial charge in [0.15, 0.2) is 17.5 Å². The van der Waals surface area contributed by atoms with Crippen LogP contribution in [0.3, 0.4) is 0 Å². The molecule has 0 aliphatic heterocycles. The Morgan fingerprint density at radius 3 is 2.56 bits per heavy atom. The lowest BCUT2D eigenvalue weighted by Gasteiger charge is -2.61. The highest BCUT2D eigenvalue weighted by Gasteiger charge is 2.59. The first-order valence-corrected chi connectivity index (χ1v) is 10.0. The fraction of sp³-hybridized carbons (Fsp3) is 0.667. The van der Waals surface area contributed by atoms with E-state index in [1.54, 1.807) is 14.2 Å². The third-order valence-electron chi connectivity index (χ3n) is 5.96. The van der Waals surface area contributed by atoms with Crippen LogP contribution in [0.1, 0.15) is 45.1 Å². The fourth-order valence-corrected chi connectivity index (χ4v) is 4.28. The van der Waals surface area contributed by atoms with Gasteiger partial charge >= 0.3 is 0 Å². The average molecular weight is 376 g/mol. The van der Waals surface area contributed by atoms with Gasteiger partial charge in [-0.15, -0.1) is 0 Å². The van der Waals surface area contributed by atoms with Gasteiger partial charge in [0.1, 0.15) is 0 Å². The zero-order valence-electron chi connectivity index (χ0n) is 17.0. The molecule has 2 aliphatic carbocycles. The van der Waals surface area contributed by atoms with Crippen molar-refractivity contribution in [1.29, 1.82) is 0 Å². The molecule has 150 valence electrons. The normalized spacial score (nSPS) is 23.3. The van der Waals surface area contributed by atoms with Gasteiger partial charge in [-0.25, -0.2) is 4.99 Å². The maximum atomic E-state index is 5.96. The molecule has 2 N–H and O–H groups in total. The smallest absolute Gasteiger partial charge is 0.191 e. The number of hydrogen-bond acceptors (Lipinski definition) is 4. The number of benzene rings is 1. The van der Waals surface area contributed by atoms with Crippen LogP contribution < -0.4 is 20.1 Å². The van der Waals surface area contributed by atoms with Crippen molar-refractivity contribution in [3.05, 3.63) is 23.8 Å². The second-order valence-electron chi connectivity index (χ2n) is 7.35. The Bertz CT molecular complexity index is 658. The topological polar surface area (TPSA) is 64.1 Å². The number of aliphatic imine (C=N–C) groups is 1. The van der Waals surface area contributed by atoms with Gasteiger partial charge in [0.25, 0.3) is 0 Å². The average Bonchev–Trinajstić information content (AvgIpc) is 2.63. The van der Waals surface area contributed by atoms with Crippen molar-refractivity contribution in [2.75, 3.05) is 27.4 Å². The largest absolute Gasteiger partial charge is 0.493 e. The van der Waals surface area contributed by atoms with Crippen molar-refractivity contribution in [3.8, 4) is 11.5 Å².